The highest BCUT2D eigenvalue weighted by Gasteiger charge is 2.26. The van der Waals surface area contributed by atoms with Crippen molar-refractivity contribution in [3.05, 3.63) is 17.1 Å². The SMILES string of the molecule is CNCc1c(C)oc(C)c1S(=O)(=O)NCCOC(C)C. The minimum absolute atomic E-state index is 0.0808. The highest BCUT2D eigenvalue weighted by molar-refractivity contribution is 7.89. The molecular formula is C13H24N2O4S. The molecule has 0 aromatic carbocycles. The molecule has 0 fully saturated rings. The molecule has 1 heterocycles. The first-order valence-electron chi connectivity index (χ1n) is 6.64. The Morgan fingerprint density at radius 1 is 1.25 bits per heavy atom. The lowest BCUT2D eigenvalue weighted by atomic mass is 10.2. The maximum Gasteiger partial charge on any atom is 0.244 e. The molecule has 0 spiro atoms. The molecule has 2 N–H and O–H groups in total. The van der Waals surface area contributed by atoms with Crippen molar-refractivity contribution >= 4 is 10.0 Å². The number of furan rings is 1. The van der Waals surface area contributed by atoms with Crippen molar-refractivity contribution < 1.29 is 17.6 Å². The Kier molecular flexibility index (Phi) is 6.19. The van der Waals surface area contributed by atoms with E-state index in [2.05, 4.69) is 10.0 Å². The summed E-state index contributed by atoms with van der Waals surface area (Å²) in [4.78, 5) is 0.230. The van der Waals surface area contributed by atoms with E-state index in [0.29, 0.717) is 30.2 Å². The smallest absolute Gasteiger partial charge is 0.244 e. The number of aryl methyl sites for hydroxylation is 2. The molecule has 0 aliphatic heterocycles. The zero-order valence-corrected chi connectivity index (χ0v) is 13.6. The molecule has 0 saturated carbocycles. The van der Waals surface area contributed by atoms with Gasteiger partial charge in [-0.2, -0.15) is 0 Å². The number of hydrogen-bond acceptors (Lipinski definition) is 5. The zero-order chi connectivity index (χ0) is 15.3. The van der Waals surface area contributed by atoms with Gasteiger partial charge < -0.3 is 14.5 Å². The predicted octanol–water partition coefficient (Wildman–Crippen LogP) is 1.32. The Bertz CT molecular complexity index is 535. The van der Waals surface area contributed by atoms with E-state index in [9.17, 15) is 8.42 Å². The van der Waals surface area contributed by atoms with Crippen molar-refractivity contribution in [2.45, 2.75) is 45.2 Å². The van der Waals surface area contributed by atoms with Crippen LogP contribution in [-0.2, 0) is 21.3 Å². The van der Waals surface area contributed by atoms with Gasteiger partial charge in [0.25, 0.3) is 0 Å². The number of rotatable bonds is 8. The molecule has 0 unspecified atom stereocenters. The third-order valence-corrected chi connectivity index (χ3v) is 4.45. The van der Waals surface area contributed by atoms with Crippen LogP contribution >= 0.6 is 0 Å². The van der Waals surface area contributed by atoms with E-state index in [-0.39, 0.29) is 17.5 Å². The van der Waals surface area contributed by atoms with Crippen LogP contribution in [0.2, 0.25) is 0 Å². The van der Waals surface area contributed by atoms with Crippen molar-refractivity contribution in [1.82, 2.24) is 10.0 Å². The standard InChI is InChI=1S/C13H24N2O4S/c1-9(2)18-7-6-15-20(16,17)13-11(4)19-10(3)12(13)8-14-5/h9,14-15H,6-8H2,1-5H3. The third-order valence-electron chi connectivity index (χ3n) is 2.79. The average molecular weight is 304 g/mol. The Labute approximate surface area is 120 Å². The maximum atomic E-state index is 12.4. The van der Waals surface area contributed by atoms with E-state index in [1.54, 1.807) is 20.9 Å². The molecule has 1 aromatic heterocycles. The summed E-state index contributed by atoms with van der Waals surface area (Å²) < 4.78 is 38.0. The summed E-state index contributed by atoms with van der Waals surface area (Å²) in [5.74, 6) is 1.03. The molecular weight excluding hydrogens is 280 g/mol. The molecule has 0 bridgehead atoms. The number of ether oxygens (including phenoxy) is 1. The van der Waals surface area contributed by atoms with Gasteiger partial charge in [0.1, 0.15) is 16.4 Å². The van der Waals surface area contributed by atoms with Gasteiger partial charge in [0, 0.05) is 18.7 Å². The van der Waals surface area contributed by atoms with Gasteiger partial charge in [0.05, 0.1) is 12.7 Å². The van der Waals surface area contributed by atoms with Crippen LogP contribution in [0.5, 0.6) is 0 Å². The van der Waals surface area contributed by atoms with Gasteiger partial charge in [-0.15, -0.1) is 0 Å². The molecule has 0 atom stereocenters. The molecule has 0 aliphatic carbocycles. The van der Waals surface area contributed by atoms with Gasteiger partial charge >= 0.3 is 0 Å². The van der Waals surface area contributed by atoms with Crippen molar-refractivity contribution in [3.8, 4) is 0 Å². The predicted molar refractivity (Wildman–Crippen MR) is 77.2 cm³/mol. The summed E-state index contributed by atoms with van der Waals surface area (Å²) in [7, 11) is -1.82. The summed E-state index contributed by atoms with van der Waals surface area (Å²) >= 11 is 0. The largest absolute Gasteiger partial charge is 0.465 e. The molecule has 0 aliphatic rings. The fraction of sp³-hybridized carbons (Fsp3) is 0.692. The molecule has 1 aromatic rings. The summed E-state index contributed by atoms with van der Waals surface area (Å²) in [6.45, 7) is 8.26. The molecule has 116 valence electrons. The van der Waals surface area contributed by atoms with E-state index in [0.717, 1.165) is 0 Å². The Hall–Kier alpha value is -0.890. The monoisotopic (exact) mass is 304 g/mol. The van der Waals surface area contributed by atoms with Crippen molar-refractivity contribution in [1.29, 1.82) is 0 Å². The first kappa shape index (κ1) is 17.2. The highest BCUT2D eigenvalue weighted by Crippen LogP contribution is 2.26. The van der Waals surface area contributed by atoms with Crippen LogP contribution < -0.4 is 10.0 Å². The third kappa shape index (κ3) is 4.31. The maximum absolute atomic E-state index is 12.4. The van der Waals surface area contributed by atoms with Crippen molar-refractivity contribution in [2.24, 2.45) is 0 Å². The van der Waals surface area contributed by atoms with Crippen molar-refractivity contribution in [3.63, 3.8) is 0 Å². The zero-order valence-electron chi connectivity index (χ0n) is 12.7. The lowest BCUT2D eigenvalue weighted by molar-refractivity contribution is 0.0834. The van der Waals surface area contributed by atoms with Crippen LogP contribution in [0.1, 0.15) is 30.9 Å². The second kappa shape index (κ2) is 7.21. The van der Waals surface area contributed by atoms with Crippen LogP contribution in [0.25, 0.3) is 0 Å². The van der Waals surface area contributed by atoms with Crippen LogP contribution in [0, 0.1) is 13.8 Å². The lowest BCUT2D eigenvalue weighted by Gasteiger charge is -2.10. The number of nitrogens with one attached hydrogen (secondary N) is 2. The minimum atomic E-state index is -3.58. The Balaban J connectivity index is 2.87. The van der Waals surface area contributed by atoms with Crippen LogP contribution in [-0.4, -0.2) is 34.7 Å². The Morgan fingerprint density at radius 3 is 2.45 bits per heavy atom. The van der Waals surface area contributed by atoms with E-state index < -0.39 is 10.0 Å². The number of sulfonamides is 1. The molecule has 7 heteroatoms. The summed E-state index contributed by atoms with van der Waals surface area (Å²) in [5.41, 5.74) is 0.669. The highest BCUT2D eigenvalue weighted by atomic mass is 32.2. The average Bonchev–Trinajstić information content (AvgIpc) is 2.61. The van der Waals surface area contributed by atoms with E-state index in [4.69, 9.17) is 9.15 Å². The van der Waals surface area contributed by atoms with Gasteiger partial charge in [-0.05, 0) is 34.7 Å². The number of hydrogen-bond donors (Lipinski definition) is 2. The van der Waals surface area contributed by atoms with Gasteiger partial charge in [0.2, 0.25) is 10.0 Å². The Morgan fingerprint density at radius 2 is 1.90 bits per heavy atom. The fourth-order valence-electron chi connectivity index (χ4n) is 1.99. The quantitative estimate of drug-likeness (QED) is 0.708. The molecule has 0 radical (unpaired) electrons. The van der Waals surface area contributed by atoms with E-state index in [1.807, 2.05) is 13.8 Å². The first-order valence-corrected chi connectivity index (χ1v) is 8.12. The van der Waals surface area contributed by atoms with Gasteiger partial charge in [-0.25, -0.2) is 13.1 Å². The summed E-state index contributed by atoms with van der Waals surface area (Å²) in [6.07, 6.45) is 0.0808. The van der Waals surface area contributed by atoms with E-state index >= 15 is 0 Å². The van der Waals surface area contributed by atoms with E-state index in [1.165, 1.54) is 0 Å². The van der Waals surface area contributed by atoms with Gasteiger partial charge in [0.15, 0.2) is 0 Å². The molecule has 0 amide bonds. The van der Waals surface area contributed by atoms with Crippen LogP contribution in [0.3, 0.4) is 0 Å². The second-order valence-electron chi connectivity index (χ2n) is 4.87. The molecule has 1 rings (SSSR count). The summed E-state index contributed by atoms with van der Waals surface area (Å²) in [6, 6.07) is 0. The normalized spacial score (nSPS) is 12.3. The topological polar surface area (TPSA) is 80.6 Å². The van der Waals surface area contributed by atoms with Crippen LogP contribution in [0.15, 0.2) is 9.31 Å². The second-order valence-corrected chi connectivity index (χ2v) is 6.57. The summed E-state index contributed by atoms with van der Waals surface area (Å²) in [5, 5.41) is 2.96. The van der Waals surface area contributed by atoms with Crippen molar-refractivity contribution in [2.75, 3.05) is 20.2 Å². The van der Waals surface area contributed by atoms with Gasteiger partial charge in [-0.1, -0.05) is 0 Å². The first-order chi connectivity index (χ1) is 9.29. The molecule has 0 saturated heterocycles. The van der Waals surface area contributed by atoms with Crippen LogP contribution in [0.4, 0.5) is 0 Å². The lowest BCUT2D eigenvalue weighted by Crippen LogP contribution is -2.29. The molecule has 6 nitrogen and oxygen atoms in total. The minimum Gasteiger partial charge on any atom is -0.465 e. The van der Waals surface area contributed by atoms with Gasteiger partial charge in [-0.3, -0.25) is 0 Å². The molecule has 20 heavy (non-hydrogen) atoms. The fourth-order valence-corrected chi connectivity index (χ4v) is 3.44.